The van der Waals surface area contributed by atoms with E-state index in [1.54, 1.807) is 0 Å². The van der Waals surface area contributed by atoms with Gasteiger partial charge in [0, 0.05) is 6.42 Å². The smallest absolute Gasteiger partial charge is 0.0920 e. The van der Waals surface area contributed by atoms with E-state index >= 15 is 0 Å². The summed E-state index contributed by atoms with van der Waals surface area (Å²) in [4.78, 5) is 0. The van der Waals surface area contributed by atoms with Crippen LogP contribution in [0.4, 0.5) is 0 Å². The van der Waals surface area contributed by atoms with Crippen molar-refractivity contribution < 1.29 is 10.2 Å². The van der Waals surface area contributed by atoms with E-state index in [9.17, 15) is 0 Å². The van der Waals surface area contributed by atoms with E-state index in [-0.39, 0.29) is 5.76 Å². The zero-order valence-electron chi connectivity index (χ0n) is 4.83. The predicted octanol–water partition coefficient (Wildman–Crippen LogP) is 1.91. The molecule has 0 heterocycles. The molecule has 0 unspecified atom stereocenters. The van der Waals surface area contributed by atoms with Crippen molar-refractivity contribution in [1.82, 2.24) is 0 Å². The van der Waals surface area contributed by atoms with E-state index < -0.39 is 0 Å². The molecule has 0 fully saturated rings. The topological polar surface area (TPSA) is 40.5 Å². The van der Waals surface area contributed by atoms with Gasteiger partial charge in [0.1, 0.15) is 0 Å². The fraction of sp³-hybridized carbons (Fsp3) is 0.333. The molecule has 0 aromatic rings. The summed E-state index contributed by atoms with van der Waals surface area (Å²) in [5.74, 6) is 0.273. The Labute approximate surface area is 48.8 Å². The minimum atomic E-state index is 0.273. The highest BCUT2D eigenvalue weighted by molar-refractivity contribution is 5.03. The summed E-state index contributed by atoms with van der Waals surface area (Å²) in [5, 5.41) is 16.8. The van der Waals surface area contributed by atoms with E-state index in [2.05, 4.69) is 0 Å². The highest BCUT2D eigenvalue weighted by Crippen LogP contribution is 1.92. The van der Waals surface area contributed by atoms with Crippen molar-refractivity contribution in [2.75, 3.05) is 0 Å². The van der Waals surface area contributed by atoms with Crippen molar-refractivity contribution in [1.29, 1.82) is 0 Å². The third-order valence-corrected chi connectivity index (χ3v) is 0.737. The van der Waals surface area contributed by atoms with Crippen LogP contribution >= 0.6 is 0 Å². The fourth-order valence-corrected chi connectivity index (χ4v) is 0.272. The maximum absolute atomic E-state index is 8.69. The molecule has 0 aromatic heterocycles. The van der Waals surface area contributed by atoms with Gasteiger partial charge in [0.05, 0.1) is 12.0 Å². The largest absolute Gasteiger partial charge is 0.516 e. The van der Waals surface area contributed by atoms with Gasteiger partial charge in [-0.25, -0.2) is 0 Å². The van der Waals surface area contributed by atoms with Gasteiger partial charge in [-0.2, -0.15) is 0 Å². The molecule has 0 atom stereocenters. The lowest BCUT2D eigenvalue weighted by Crippen LogP contribution is -1.72. The minimum Gasteiger partial charge on any atom is -0.516 e. The number of rotatable bonds is 2. The van der Waals surface area contributed by atoms with Crippen LogP contribution in [-0.4, -0.2) is 10.2 Å². The first-order chi connectivity index (χ1) is 3.81. The summed E-state index contributed by atoms with van der Waals surface area (Å²) < 4.78 is 0. The molecule has 0 bridgehead atoms. The summed E-state index contributed by atoms with van der Waals surface area (Å²) in [6.07, 6.45) is 4.30. The molecular weight excluding hydrogens is 104 g/mol. The van der Waals surface area contributed by atoms with Crippen molar-refractivity contribution in [2.45, 2.75) is 13.3 Å². The second kappa shape index (κ2) is 4.24. The van der Waals surface area contributed by atoms with Gasteiger partial charge >= 0.3 is 0 Å². The molecule has 0 amide bonds. The van der Waals surface area contributed by atoms with Crippen LogP contribution in [0.3, 0.4) is 0 Å². The Balaban J connectivity index is 3.57. The average Bonchev–Trinajstić information content (AvgIpc) is 1.83. The molecule has 0 rings (SSSR count). The molecule has 0 aliphatic carbocycles. The predicted molar refractivity (Wildman–Crippen MR) is 32.8 cm³/mol. The monoisotopic (exact) mass is 114 g/mol. The molecule has 0 spiro atoms. The summed E-state index contributed by atoms with van der Waals surface area (Å²) in [7, 11) is 0. The Morgan fingerprint density at radius 2 is 2.25 bits per heavy atom. The molecule has 2 heteroatoms. The quantitative estimate of drug-likeness (QED) is 0.425. The van der Waals surface area contributed by atoms with E-state index in [1.165, 1.54) is 12.2 Å². The first kappa shape index (κ1) is 7.08. The zero-order valence-corrected chi connectivity index (χ0v) is 4.83. The van der Waals surface area contributed by atoms with Crippen LogP contribution in [0.1, 0.15) is 13.3 Å². The average molecular weight is 114 g/mol. The molecular formula is C6H10O2. The van der Waals surface area contributed by atoms with Crippen molar-refractivity contribution in [3.63, 3.8) is 0 Å². The van der Waals surface area contributed by atoms with Crippen molar-refractivity contribution in [3.8, 4) is 0 Å². The third-order valence-electron chi connectivity index (χ3n) is 0.737. The lowest BCUT2D eigenvalue weighted by molar-refractivity contribution is 0.394. The second-order valence-electron chi connectivity index (χ2n) is 1.35. The highest BCUT2D eigenvalue weighted by Gasteiger charge is 1.79. The molecule has 2 nitrogen and oxygen atoms in total. The Morgan fingerprint density at radius 3 is 2.62 bits per heavy atom. The van der Waals surface area contributed by atoms with Crippen LogP contribution in [0.15, 0.2) is 24.2 Å². The van der Waals surface area contributed by atoms with Gasteiger partial charge < -0.3 is 10.2 Å². The SMILES string of the molecule is CCC(O)=CC=CO. The lowest BCUT2D eigenvalue weighted by atomic mass is 10.3. The fourth-order valence-electron chi connectivity index (χ4n) is 0.272. The minimum absolute atomic E-state index is 0.273. The molecule has 0 saturated carbocycles. The van der Waals surface area contributed by atoms with Gasteiger partial charge in [0.2, 0.25) is 0 Å². The normalized spacial score (nSPS) is 12.9. The van der Waals surface area contributed by atoms with Crippen molar-refractivity contribution >= 4 is 0 Å². The molecule has 0 aromatic carbocycles. The number of allylic oxidation sites excluding steroid dienone is 3. The van der Waals surface area contributed by atoms with Crippen LogP contribution in [0.5, 0.6) is 0 Å². The number of hydrogen-bond donors (Lipinski definition) is 2. The molecule has 0 saturated heterocycles. The first-order valence-corrected chi connectivity index (χ1v) is 2.50. The van der Waals surface area contributed by atoms with E-state index in [1.807, 2.05) is 6.92 Å². The molecule has 8 heavy (non-hydrogen) atoms. The Hall–Kier alpha value is -0.920. The van der Waals surface area contributed by atoms with Crippen LogP contribution in [0.25, 0.3) is 0 Å². The Kier molecular flexibility index (Phi) is 3.76. The van der Waals surface area contributed by atoms with Gasteiger partial charge in [-0.05, 0) is 12.2 Å². The molecule has 46 valence electrons. The van der Waals surface area contributed by atoms with Crippen molar-refractivity contribution in [2.24, 2.45) is 0 Å². The Morgan fingerprint density at radius 1 is 1.62 bits per heavy atom. The standard InChI is InChI=1S/C6H10O2/c1-2-6(8)4-3-5-7/h3-5,7-8H,2H2,1H3. The van der Waals surface area contributed by atoms with Crippen molar-refractivity contribution in [3.05, 3.63) is 24.2 Å². The third kappa shape index (κ3) is 3.28. The number of hydrogen-bond acceptors (Lipinski definition) is 2. The van der Waals surface area contributed by atoms with Gasteiger partial charge in [0.15, 0.2) is 0 Å². The van der Waals surface area contributed by atoms with E-state index in [0.29, 0.717) is 6.42 Å². The van der Waals surface area contributed by atoms with Gasteiger partial charge in [-0.3, -0.25) is 0 Å². The number of aliphatic hydroxyl groups is 2. The van der Waals surface area contributed by atoms with Crippen LogP contribution in [0.2, 0.25) is 0 Å². The molecule has 0 aliphatic heterocycles. The number of aliphatic hydroxyl groups excluding tert-OH is 2. The van der Waals surface area contributed by atoms with Crippen LogP contribution < -0.4 is 0 Å². The summed E-state index contributed by atoms with van der Waals surface area (Å²) in [6.45, 7) is 1.83. The van der Waals surface area contributed by atoms with Crippen LogP contribution in [0, 0.1) is 0 Å². The lowest BCUT2D eigenvalue weighted by Gasteiger charge is -1.86. The van der Waals surface area contributed by atoms with E-state index in [4.69, 9.17) is 10.2 Å². The maximum Gasteiger partial charge on any atom is 0.0920 e. The summed E-state index contributed by atoms with van der Waals surface area (Å²) in [5.41, 5.74) is 0. The first-order valence-electron chi connectivity index (χ1n) is 2.50. The van der Waals surface area contributed by atoms with Crippen LogP contribution in [-0.2, 0) is 0 Å². The highest BCUT2D eigenvalue weighted by atomic mass is 16.3. The molecule has 0 aliphatic rings. The summed E-state index contributed by atoms with van der Waals surface area (Å²) >= 11 is 0. The Bertz CT molecular complexity index is 103. The second-order valence-corrected chi connectivity index (χ2v) is 1.35. The molecule has 2 N–H and O–H groups in total. The van der Waals surface area contributed by atoms with E-state index in [0.717, 1.165) is 6.26 Å². The van der Waals surface area contributed by atoms with Gasteiger partial charge in [-0.15, -0.1) is 0 Å². The summed E-state index contributed by atoms with van der Waals surface area (Å²) in [6, 6.07) is 0. The van der Waals surface area contributed by atoms with Gasteiger partial charge in [0.25, 0.3) is 0 Å². The van der Waals surface area contributed by atoms with Gasteiger partial charge in [-0.1, -0.05) is 6.92 Å². The maximum atomic E-state index is 8.69. The molecule has 0 radical (unpaired) electrons. The zero-order chi connectivity index (χ0) is 6.41.